The zero-order valence-electron chi connectivity index (χ0n) is 8.46. The molecular weight excluding hydrogens is 247 g/mol. The molecule has 0 aliphatic carbocycles. The minimum Gasteiger partial charge on any atom is -0.294 e. The van der Waals surface area contributed by atoms with Gasteiger partial charge in [-0.15, -0.1) is 11.3 Å². The molecule has 0 radical (unpaired) electrons. The number of thiophene rings is 1. The Hall–Kier alpha value is -1.19. The van der Waals surface area contributed by atoms with Crippen molar-refractivity contribution in [1.29, 1.82) is 0 Å². The summed E-state index contributed by atoms with van der Waals surface area (Å²) in [5.74, 6) is -0.441. The average molecular weight is 255 g/mol. The number of ketones is 1. The Morgan fingerprint density at radius 1 is 1.31 bits per heavy atom. The van der Waals surface area contributed by atoms with Gasteiger partial charge in [0.15, 0.2) is 5.78 Å². The fraction of sp³-hybridized carbons (Fsp3) is 0.0833. The van der Waals surface area contributed by atoms with Gasteiger partial charge in [0.1, 0.15) is 5.82 Å². The highest BCUT2D eigenvalue weighted by Gasteiger charge is 2.11. The van der Waals surface area contributed by atoms with Crippen molar-refractivity contribution in [3.63, 3.8) is 0 Å². The highest BCUT2D eigenvalue weighted by Crippen LogP contribution is 2.33. The lowest BCUT2D eigenvalue weighted by Crippen LogP contribution is -1.95. The van der Waals surface area contributed by atoms with E-state index in [9.17, 15) is 9.18 Å². The van der Waals surface area contributed by atoms with Crippen LogP contribution in [0.15, 0.2) is 30.3 Å². The molecule has 0 unspecified atom stereocenters. The number of hydrogen-bond donors (Lipinski definition) is 0. The summed E-state index contributed by atoms with van der Waals surface area (Å²) in [6.07, 6.45) is 0. The number of hydrogen-bond acceptors (Lipinski definition) is 2. The molecule has 1 heterocycles. The molecule has 0 N–H and O–H groups in total. The van der Waals surface area contributed by atoms with Crippen LogP contribution in [0.1, 0.15) is 17.3 Å². The summed E-state index contributed by atoms with van der Waals surface area (Å²) in [6.45, 7) is 1.46. The third kappa shape index (κ3) is 2.15. The van der Waals surface area contributed by atoms with Crippen molar-refractivity contribution in [3.05, 3.63) is 46.0 Å². The van der Waals surface area contributed by atoms with E-state index in [1.807, 2.05) is 0 Å². The second-order valence-corrected chi connectivity index (χ2v) is 5.06. The van der Waals surface area contributed by atoms with E-state index < -0.39 is 0 Å². The van der Waals surface area contributed by atoms with Gasteiger partial charge in [0.25, 0.3) is 0 Å². The molecule has 4 heteroatoms. The minimum atomic E-state index is -0.357. The Balaban J connectivity index is 2.62. The number of carbonyl (C=O) groups excluding carboxylic acids is 1. The molecule has 0 saturated heterocycles. The van der Waals surface area contributed by atoms with Gasteiger partial charge >= 0.3 is 0 Å². The summed E-state index contributed by atoms with van der Waals surface area (Å²) in [5, 5.41) is 0. The van der Waals surface area contributed by atoms with Crippen LogP contribution in [0.3, 0.4) is 0 Å². The summed E-state index contributed by atoms with van der Waals surface area (Å²) < 4.78 is 13.8. The van der Waals surface area contributed by atoms with Crippen molar-refractivity contribution >= 4 is 28.7 Å². The molecule has 1 aromatic carbocycles. The van der Waals surface area contributed by atoms with E-state index in [4.69, 9.17) is 11.6 Å². The first-order valence-electron chi connectivity index (χ1n) is 4.64. The third-order valence-corrected chi connectivity index (χ3v) is 3.46. The maximum absolute atomic E-state index is 13.2. The first kappa shape index (κ1) is 11.3. The Morgan fingerprint density at radius 2 is 2.06 bits per heavy atom. The normalized spacial score (nSPS) is 10.4. The van der Waals surface area contributed by atoms with Gasteiger partial charge in [0, 0.05) is 16.0 Å². The van der Waals surface area contributed by atoms with E-state index in [-0.39, 0.29) is 11.6 Å². The van der Waals surface area contributed by atoms with Crippen LogP contribution in [0.2, 0.25) is 4.34 Å². The van der Waals surface area contributed by atoms with Crippen LogP contribution in [-0.4, -0.2) is 5.78 Å². The molecule has 0 aliphatic rings. The molecule has 82 valence electrons. The van der Waals surface area contributed by atoms with Crippen molar-refractivity contribution < 1.29 is 9.18 Å². The average Bonchev–Trinajstić information content (AvgIpc) is 2.64. The maximum Gasteiger partial charge on any atom is 0.160 e. The largest absolute Gasteiger partial charge is 0.294 e. The van der Waals surface area contributed by atoms with Crippen LogP contribution in [0.25, 0.3) is 10.4 Å². The summed E-state index contributed by atoms with van der Waals surface area (Å²) in [7, 11) is 0. The monoisotopic (exact) mass is 254 g/mol. The lowest BCUT2D eigenvalue weighted by molar-refractivity contribution is 0.101. The Kier molecular flexibility index (Phi) is 3.08. The highest BCUT2D eigenvalue weighted by atomic mass is 35.5. The van der Waals surface area contributed by atoms with Crippen molar-refractivity contribution in [2.24, 2.45) is 0 Å². The smallest absolute Gasteiger partial charge is 0.160 e. The summed E-state index contributed by atoms with van der Waals surface area (Å²) >= 11 is 7.15. The second-order valence-electron chi connectivity index (χ2n) is 3.35. The minimum absolute atomic E-state index is 0.0838. The van der Waals surface area contributed by atoms with Crippen LogP contribution in [0.5, 0.6) is 0 Å². The molecule has 1 aromatic heterocycles. The topological polar surface area (TPSA) is 17.1 Å². The van der Waals surface area contributed by atoms with E-state index in [1.165, 1.54) is 36.5 Å². The standard InChI is InChI=1S/C12H8ClFOS/c1-7(15)9-3-2-8(14)6-10(9)11-4-5-12(13)16-11/h2-6H,1H3. The van der Waals surface area contributed by atoms with Gasteiger partial charge < -0.3 is 0 Å². The Morgan fingerprint density at radius 3 is 2.62 bits per heavy atom. The van der Waals surface area contributed by atoms with Gasteiger partial charge in [-0.3, -0.25) is 4.79 Å². The van der Waals surface area contributed by atoms with Gasteiger partial charge in [0.2, 0.25) is 0 Å². The number of carbonyl (C=O) groups is 1. The predicted octanol–water partition coefficient (Wildman–Crippen LogP) is 4.41. The van der Waals surface area contributed by atoms with Crippen LogP contribution in [0.4, 0.5) is 4.39 Å². The van der Waals surface area contributed by atoms with Crippen molar-refractivity contribution in [3.8, 4) is 10.4 Å². The van der Waals surface area contributed by atoms with E-state index in [0.717, 1.165) is 4.88 Å². The zero-order valence-corrected chi connectivity index (χ0v) is 10.0. The van der Waals surface area contributed by atoms with Gasteiger partial charge in [-0.25, -0.2) is 4.39 Å². The van der Waals surface area contributed by atoms with Crippen molar-refractivity contribution in [1.82, 2.24) is 0 Å². The Bertz CT molecular complexity index is 548. The van der Waals surface area contributed by atoms with Gasteiger partial charge in [0.05, 0.1) is 4.34 Å². The van der Waals surface area contributed by atoms with Gasteiger partial charge in [-0.2, -0.15) is 0 Å². The van der Waals surface area contributed by atoms with Gasteiger partial charge in [-0.1, -0.05) is 11.6 Å². The SMILES string of the molecule is CC(=O)c1ccc(F)cc1-c1ccc(Cl)s1. The van der Waals surface area contributed by atoms with Crippen molar-refractivity contribution in [2.75, 3.05) is 0 Å². The maximum atomic E-state index is 13.2. The number of rotatable bonds is 2. The zero-order chi connectivity index (χ0) is 11.7. The molecule has 0 spiro atoms. The van der Waals surface area contributed by atoms with Crippen LogP contribution in [-0.2, 0) is 0 Å². The number of Topliss-reactive ketones (excluding diaryl/α,β-unsaturated/α-hetero) is 1. The van der Waals surface area contributed by atoms with E-state index >= 15 is 0 Å². The molecule has 2 rings (SSSR count). The van der Waals surface area contributed by atoms with Gasteiger partial charge in [-0.05, 0) is 37.3 Å². The fourth-order valence-corrected chi connectivity index (χ4v) is 2.56. The summed E-state index contributed by atoms with van der Waals surface area (Å²) in [5.41, 5.74) is 1.12. The quantitative estimate of drug-likeness (QED) is 0.726. The second kappa shape index (κ2) is 4.36. The van der Waals surface area contributed by atoms with Crippen molar-refractivity contribution in [2.45, 2.75) is 6.92 Å². The summed E-state index contributed by atoms with van der Waals surface area (Å²) in [6, 6.07) is 7.67. The lowest BCUT2D eigenvalue weighted by atomic mass is 10.0. The molecule has 0 fully saturated rings. The van der Waals surface area contributed by atoms with Crippen LogP contribution >= 0.6 is 22.9 Å². The number of halogens is 2. The Labute approximate surface area is 101 Å². The first-order valence-corrected chi connectivity index (χ1v) is 5.83. The molecular formula is C12H8ClFOS. The van der Waals surface area contributed by atoms with E-state index in [1.54, 1.807) is 12.1 Å². The molecule has 2 aromatic rings. The predicted molar refractivity (Wildman–Crippen MR) is 64.7 cm³/mol. The molecule has 16 heavy (non-hydrogen) atoms. The molecule has 0 saturated carbocycles. The lowest BCUT2D eigenvalue weighted by Gasteiger charge is -2.04. The molecule has 0 atom stereocenters. The van der Waals surface area contributed by atoms with Crippen LogP contribution < -0.4 is 0 Å². The fourth-order valence-electron chi connectivity index (χ4n) is 1.49. The molecule has 1 nitrogen and oxygen atoms in total. The summed E-state index contributed by atoms with van der Waals surface area (Å²) in [4.78, 5) is 12.2. The molecule has 0 aliphatic heterocycles. The third-order valence-electron chi connectivity index (χ3n) is 2.20. The van der Waals surface area contributed by atoms with Crippen LogP contribution in [0, 0.1) is 5.82 Å². The van der Waals surface area contributed by atoms with E-state index in [2.05, 4.69) is 0 Å². The highest BCUT2D eigenvalue weighted by molar-refractivity contribution is 7.19. The number of benzene rings is 1. The first-order chi connectivity index (χ1) is 7.58. The van der Waals surface area contributed by atoms with E-state index in [0.29, 0.717) is 15.5 Å². The molecule has 0 amide bonds. The molecule has 0 bridgehead atoms.